The molecular weight excluding hydrogens is 308 g/mol. The molecule has 0 amide bonds. The fourth-order valence-corrected chi connectivity index (χ4v) is 4.72. The van der Waals surface area contributed by atoms with Crippen LogP contribution in [0.3, 0.4) is 0 Å². The molecule has 0 aliphatic carbocycles. The third-order valence-electron chi connectivity index (χ3n) is 3.80. The van der Waals surface area contributed by atoms with Crippen molar-refractivity contribution in [2.75, 3.05) is 13.1 Å². The molecule has 22 heavy (non-hydrogen) atoms. The van der Waals surface area contributed by atoms with Gasteiger partial charge in [-0.1, -0.05) is 36.4 Å². The first kappa shape index (κ1) is 15.9. The van der Waals surface area contributed by atoms with Gasteiger partial charge < -0.3 is 0 Å². The van der Waals surface area contributed by atoms with Crippen molar-refractivity contribution in [3.05, 3.63) is 60.7 Å². The molecule has 4 heteroatoms. The highest BCUT2D eigenvalue weighted by Crippen LogP contribution is 2.33. The predicted octanol–water partition coefficient (Wildman–Crippen LogP) is 4.80. The van der Waals surface area contributed by atoms with Crippen LogP contribution in [-0.4, -0.2) is 33.8 Å². The molecule has 0 radical (unpaired) electrons. The Morgan fingerprint density at radius 3 is 1.41 bits per heavy atom. The van der Waals surface area contributed by atoms with E-state index < -0.39 is 0 Å². The molecule has 1 fully saturated rings. The molecule has 1 aliphatic rings. The van der Waals surface area contributed by atoms with Crippen molar-refractivity contribution < 1.29 is 0 Å². The summed E-state index contributed by atoms with van der Waals surface area (Å²) in [5.41, 5.74) is 0. The van der Waals surface area contributed by atoms with E-state index in [0.717, 1.165) is 13.1 Å². The van der Waals surface area contributed by atoms with Gasteiger partial charge in [-0.05, 0) is 62.0 Å². The van der Waals surface area contributed by atoms with Gasteiger partial charge in [-0.3, -0.25) is 0 Å². The molecule has 2 aromatic rings. The van der Waals surface area contributed by atoms with E-state index in [1.54, 1.807) is 0 Å². The second-order valence-electron chi connectivity index (χ2n) is 5.71. The van der Waals surface area contributed by atoms with E-state index in [1.165, 1.54) is 9.79 Å². The molecular formula is C18H22N2S2. The van der Waals surface area contributed by atoms with Gasteiger partial charge in [0.15, 0.2) is 0 Å². The monoisotopic (exact) mass is 330 g/mol. The van der Waals surface area contributed by atoms with E-state index in [1.807, 2.05) is 23.9 Å². The summed E-state index contributed by atoms with van der Waals surface area (Å²) in [5.74, 6) is 0. The van der Waals surface area contributed by atoms with Crippen LogP contribution < -0.4 is 0 Å². The number of hydrogen-bond donors (Lipinski definition) is 0. The lowest BCUT2D eigenvalue weighted by molar-refractivity contribution is 0.187. The molecule has 1 saturated heterocycles. The Morgan fingerprint density at radius 2 is 1.05 bits per heavy atom. The molecule has 3 rings (SSSR count). The third-order valence-corrected chi connectivity index (χ3v) is 6.26. The average Bonchev–Trinajstić information content (AvgIpc) is 2.54. The normalized spacial score (nSPS) is 23.5. The Morgan fingerprint density at radius 1 is 0.682 bits per heavy atom. The fraction of sp³-hybridized carbons (Fsp3) is 0.333. The number of benzene rings is 2. The molecule has 0 aromatic heterocycles. The van der Waals surface area contributed by atoms with Gasteiger partial charge in [0.2, 0.25) is 0 Å². The van der Waals surface area contributed by atoms with Crippen LogP contribution in [0, 0.1) is 0 Å². The second kappa shape index (κ2) is 7.55. The zero-order valence-corrected chi connectivity index (χ0v) is 14.7. The highest BCUT2D eigenvalue weighted by atomic mass is 32.2. The Bertz CT molecular complexity index is 523. The topological polar surface area (TPSA) is 6.48 Å². The van der Waals surface area contributed by atoms with E-state index in [9.17, 15) is 0 Å². The van der Waals surface area contributed by atoms with Crippen LogP contribution in [0.4, 0.5) is 0 Å². The smallest absolute Gasteiger partial charge is 0.0315 e. The van der Waals surface area contributed by atoms with Crippen molar-refractivity contribution in [2.45, 2.75) is 35.7 Å². The molecule has 2 atom stereocenters. The van der Waals surface area contributed by atoms with E-state index in [-0.39, 0.29) is 0 Å². The molecule has 0 N–H and O–H groups in total. The van der Waals surface area contributed by atoms with E-state index in [0.29, 0.717) is 12.1 Å². The second-order valence-corrected chi connectivity index (χ2v) is 7.95. The Kier molecular flexibility index (Phi) is 5.47. The van der Waals surface area contributed by atoms with Gasteiger partial charge in [-0.25, -0.2) is 8.61 Å². The summed E-state index contributed by atoms with van der Waals surface area (Å²) in [6.07, 6.45) is 0. The Labute approximate surface area is 142 Å². The first-order chi connectivity index (χ1) is 10.7. The maximum Gasteiger partial charge on any atom is 0.0315 e. The van der Waals surface area contributed by atoms with E-state index >= 15 is 0 Å². The number of piperazine rings is 1. The number of hydrogen-bond acceptors (Lipinski definition) is 4. The predicted molar refractivity (Wildman–Crippen MR) is 96.9 cm³/mol. The van der Waals surface area contributed by atoms with Crippen LogP contribution in [0.15, 0.2) is 70.5 Å². The minimum absolute atomic E-state index is 0.539. The molecule has 1 heterocycles. The fourth-order valence-electron chi connectivity index (χ4n) is 2.55. The lowest BCUT2D eigenvalue weighted by Crippen LogP contribution is -2.50. The lowest BCUT2D eigenvalue weighted by atomic mass is 10.2. The Balaban J connectivity index is 1.61. The van der Waals surface area contributed by atoms with Crippen molar-refractivity contribution >= 4 is 23.9 Å². The molecule has 2 unspecified atom stereocenters. The maximum atomic E-state index is 2.52. The van der Waals surface area contributed by atoms with Crippen molar-refractivity contribution in [1.82, 2.24) is 8.61 Å². The van der Waals surface area contributed by atoms with Gasteiger partial charge in [0, 0.05) is 35.0 Å². The van der Waals surface area contributed by atoms with E-state index in [2.05, 4.69) is 83.1 Å². The molecule has 0 saturated carbocycles. The van der Waals surface area contributed by atoms with Gasteiger partial charge in [-0.2, -0.15) is 0 Å². The Hall–Kier alpha value is -0.940. The zero-order valence-electron chi connectivity index (χ0n) is 13.1. The van der Waals surface area contributed by atoms with Crippen LogP contribution in [-0.2, 0) is 0 Å². The van der Waals surface area contributed by atoms with Gasteiger partial charge in [0.25, 0.3) is 0 Å². The first-order valence-electron chi connectivity index (χ1n) is 7.71. The van der Waals surface area contributed by atoms with Gasteiger partial charge in [0.05, 0.1) is 0 Å². The van der Waals surface area contributed by atoms with Crippen LogP contribution in [0.25, 0.3) is 0 Å². The summed E-state index contributed by atoms with van der Waals surface area (Å²) in [5, 5.41) is 0. The highest BCUT2D eigenvalue weighted by molar-refractivity contribution is 7.97. The quantitative estimate of drug-likeness (QED) is 0.743. The highest BCUT2D eigenvalue weighted by Gasteiger charge is 2.30. The van der Waals surface area contributed by atoms with Crippen LogP contribution in [0.1, 0.15) is 13.8 Å². The van der Waals surface area contributed by atoms with Gasteiger partial charge in [0.1, 0.15) is 0 Å². The average molecular weight is 331 g/mol. The van der Waals surface area contributed by atoms with Crippen LogP contribution in [0.5, 0.6) is 0 Å². The summed E-state index contributed by atoms with van der Waals surface area (Å²) < 4.78 is 5.03. The van der Waals surface area contributed by atoms with Crippen molar-refractivity contribution in [3.63, 3.8) is 0 Å². The molecule has 1 aliphatic heterocycles. The van der Waals surface area contributed by atoms with Crippen LogP contribution >= 0.6 is 23.9 Å². The molecule has 0 bridgehead atoms. The maximum absolute atomic E-state index is 2.52. The summed E-state index contributed by atoms with van der Waals surface area (Å²) in [4.78, 5) is 2.65. The van der Waals surface area contributed by atoms with Crippen molar-refractivity contribution in [2.24, 2.45) is 0 Å². The molecule has 116 valence electrons. The SMILES string of the molecule is CC1CN(Sc2ccccc2)C(C)CN1Sc1ccccc1. The summed E-state index contributed by atoms with van der Waals surface area (Å²) in [6.45, 7) is 6.81. The molecule has 2 nitrogen and oxygen atoms in total. The third kappa shape index (κ3) is 4.07. The van der Waals surface area contributed by atoms with Crippen molar-refractivity contribution in [3.8, 4) is 0 Å². The standard InChI is InChI=1S/C18H22N2S2/c1-15-13-20(22-18-11-7-4-8-12-18)16(2)14-19(15)21-17-9-5-3-6-10-17/h3-12,15-16H,13-14H2,1-2H3. The first-order valence-corrected chi connectivity index (χ1v) is 9.26. The summed E-state index contributed by atoms with van der Waals surface area (Å²) in [6, 6.07) is 22.4. The minimum atomic E-state index is 0.539. The van der Waals surface area contributed by atoms with Crippen molar-refractivity contribution in [1.29, 1.82) is 0 Å². The minimum Gasteiger partial charge on any atom is -0.241 e. The number of nitrogens with zero attached hydrogens (tertiary/aromatic N) is 2. The zero-order chi connectivity index (χ0) is 15.4. The largest absolute Gasteiger partial charge is 0.241 e. The summed E-state index contributed by atoms with van der Waals surface area (Å²) >= 11 is 3.76. The van der Waals surface area contributed by atoms with E-state index in [4.69, 9.17) is 0 Å². The molecule has 0 spiro atoms. The molecule has 2 aromatic carbocycles. The lowest BCUT2D eigenvalue weighted by Gasteiger charge is -2.42. The van der Waals surface area contributed by atoms with Gasteiger partial charge in [-0.15, -0.1) is 0 Å². The van der Waals surface area contributed by atoms with Crippen LogP contribution in [0.2, 0.25) is 0 Å². The van der Waals surface area contributed by atoms with Gasteiger partial charge >= 0.3 is 0 Å². The number of rotatable bonds is 4. The summed E-state index contributed by atoms with van der Waals surface area (Å²) in [7, 11) is 0.